The molecule has 0 amide bonds. The van der Waals surface area contributed by atoms with Crippen molar-refractivity contribution in [3.05, 3.63) is 35.4 Å². The van der Waals surface area contributed by atoms with E-state index in [0.29, 0.717) is 12.8 Å². The second kappa shape index (κ2) is 5.73. The number of rotatable bonds is 2. The average molecular weight is 334 g/mol. The van der Waals surface area contributed by atoms with Gasteiger partial charge in [-0.2, -0.15) is 0 Å². The van der Waals surface area contributed by atoms with Gasteiger partial charge in [-0.3, -0.25) is 4.79 Å². The number of sulfone groups is 1. The van der Waals surface area contributed by atoms with Crippen LogP contribution >= 0.6 is 0 Å². The minimum Gasteiger partial charge on any atom is -0.294 e. The van der Waals surface area contributed by atoms with Gasteiger partial charge in [0.2, 0.25) is 0 Å². The van der Waals surface area contributed by atoms with Gasteiger partial charge in [-0.25, -0.2) is 8.42 Å². The van der Waals surface area contributed by atoms with Crippen molar-refractivity contribution in [2.24, 2.45) is 5.92 Å². The Balaban J connectivity index is 1.79. The van der Waals surface area contributed by atoms with Crippen LogP contribution < -0.4 is 0 Å². The van der Waals surface area contributed by atoms with Crippen molar-refractivity contribution in [3.63, 3.8) is 0 Å². The van der Waals surface area contributed by atoms with Crippen molar-refractivity contribution in [3.8, 4) is 0 Å². The molecule has 1 aromatic rings. The van der Waals surface area contributed by atoms with Gasteiger partial charge in [0.15, 0.2) is 15.6 Å². The Morgan fingerprint density at radius 2 is 1.52 bits per heavy atom. The second-order valence-electron chi connectivity index (χ2n) is 8.12. The van der Waals surface area contributed by atoms with Crippen LogP contribution in [0.25, 0.3) is 0 Å². The molecule has 0 saturated carbocycles. The first-order chi connectivity index (χ1) is 10.7. The number of hydrogen-bond acceptors (Lipinski definition) is 3. The molecule has 2 unspecified atom stereocenters. The largest absolute Gasteiger partial charge is 0.294 e. The highest BCUT2D eigenvalue weighted by Crippen LogP contribution is 2.40. The van der Waals surface area contributed by atoms with Crippen molar-refractivity contribution in [1.82, 2.24) is 0 Å². The smallest absolute Gasteiger partial charge is 0.166 e. The van der Waals surface area contributed by atoms with Gasteiger partial charge < -0.3 is 0 Å². The van der Waals surface area contributed by atoms with Crippen LogP contribution in [0.5, 0.6) is 0 Å². The van der Waals surface area contributed by atoms with Crippen LogP contribution in [0.15, 0.2) is 24.3 Å². The van der Waals surface area contributed by atoms with E-state index in [4.69, 9.17) is 0 Å². The number of benzene rings is 1. The molecule has 2 aliphatic heterocycles. The molecule has 0 N–H and O–H groups in total. The Morgan fingerprint density at radius 1 is 1.00 bits per heavy atom. The van der Waals surface area contributed by atoms with Crippen LogP contribution in [0.4, 0.5) is 0 Å². The molecule has 2 atom stereocenters. The van der Waals surface area contributed by atoms with E-state index in [1.165, 1.54) is 5.56 Å². The van der Waals surface area contributed by atoms with Gasteiger partial charge in [0.1, 0.15) is 0 Å². The summed E-state index contributed by atoms with van der Waals surface area (Å²) in [6.07, 6.45) is 3.46. The molecular weight excluding hydrogens is 308 g/mol. The number of carbonyl (C=O) groups is 1. The summed E-state index contributed by atoms with van der Waals surface area (Å²) in [7, 11) is -2.99. The maximum Gasteiger partial charge on any atom is 0.166 e. The summed E-state index contributed by atoms with van der Waals surface area (Å²) in [5.74, 6) is -0.00780. The molecular formula is C19H26O3S. The third-order valence-corrected chi connectivity index (χ3v) is 8.20. The Morgan fingerprint density at radius 3 is 2.00 bits per heavy atom. The number of fused-ring (bicyclic) bond motifs is 2. The summed E-state index contributed by atoms with van der Waals surface area (Å²) < 4.78 is 24.7. The summed E-state index contributed by atoms with van der Waals surface area (Å²) in [5.41, 5.74) is 2.00. The van der Waals surface area contributed by atoms with Gasteiger partial charge in [0.25, 0.3) is 0 Å². The third-order valence-electron chi connectivity index (χ3n) is 5.48. The first kappa shape index (κ1) is 16.7. The highest BCUT2D eigenvalue weighted by Gasteiger charge is 2.46. The molecule has 3 rings (SSSR count). The minimum absolute atomic E-state index is 0.0670. The summed E-state index contributed by atoms with van der Waals surface area (Å²) in [4.78, 5) is 12.8. The summed E-state index contributed by atoms with van der Waals surface area (Å²) in [6.45, 7) is 6.45. The van der Waals surface area contributed by atoms with Crippen LogP contribution in [0.2, 0.25) is 0 Å². The maximum absolute atomic E-state index is 12.8. The van der Waals surface area contributed by atoms with E-state index < -0.39 is 9.84 Å². The van der Waals surface area contributed by atoms with Crippen LogP contribution in [-0.4, -0.2) is 24.7 Å². The van der Waals surface area contributed by atoms with Crippen molar-refractivity contribution < 1.29 is 13.2 Å². The molecule has 0 radical (unpaired) electrons. The summed E-state index contributed by atoms with van der Waals surface area (Å²) in [6, 6.07) is 7.85. The highest BCUT2D eigenvalue weighted by atomic mass is 32.2. The lowest BCUT2D eigenvalue weighted by atomic mass is 9.82. The van der Waals surface area contributed by atoms with E-state index in [1.54, 1.807) is 0 Å². The van der Waals surface area contributed by atoms with Gasteiger partial charge in [0.05, 0.1) is 10.5 Å². The zero-order valence-electron chi connectivity index (χ0n) is 14.2. The standard InChI is InChI=1S/C19H26O3S/c1-19(2,3)15-9-7-13(8-10-15)18(20)14-11-16-5-4-6-17(12-14)23(16,21)22/h7-10,14,16-17H,4-6,11-12H2,1-3H3. The zero-order valence-corrected chi connectivity index (χ0v) is 15.0. The Labute approximate surface area is 139 Å². The molecule has 2 saturated heterocycles. The third kappa shape index (κ3) is 3.10. The van der Waals surface area contributed by atoms with Crippen LogP contribution in [0.3, 0.4) is 0 Å². The number of hydrogen-bond donors (Lipinski definition) is 0. The first-order valence-electron chi connectivity index (χ1n) is 8.57. The molecule has 4 heteroatoms. The first-order valence-corrected chi connectivity index (χ1v) is 10.2. The minimum atomic E-state index is -2.99. The van der Waals surface area contributed by atoms with Gasteiger partial charge >= 0.3 is 0 Å². The Hall–Kier alpha value is -1.16. The molecule has 126 valence electrons. The molecule has 2 bridgehead atoms. The molecule has 2 fully saturated rings. The normalized spacial score (nSPS) is 30.0. The topological polar surface area (TPSA) is 51.2 Å². The summed E-state index contributed by atoms with van der Waals surface area (Å²) in [5, 5.41) is -0.587. The Bertz CT molecular complexity index is 675. The van der Waals surface area contributed by atoms with E-state index in [9.17, 15) is 13.2 Å². The monoisotopic (exact) mass is 334 g/mol. The molecule has 3 nitrogen and oxygen atoms in total. The van der Waals surface area contributed by atoms with Crippen molar-refractivity contribution >= 4 is 15.6 Å². The van der Waals surface area contributed by atoms with Crippen molar-refractivity contribution in [2.45, 2.75) is 68.8 Å². The molecule has 0 aromatic heterocycles. The highest BCUT2D eigenvalue weighted by molar-refractivity contribution is 7.92. The van der Waals surface area contributed by atoms with E-state index in [1.807, 2.05) is 24.3 Å². The molecule has 0 aliphatic carbocycles. The van der Waals surface area contributed by atoms with E-state index in [-0.39, 0.29) is 27.6 Å². The molecule has 2 heterocycles. The fraction of sp³-hybridized carbons (Fsp3) is 0.632. The fourth-order valence-corrected chi connectivity index (χ4v) is 6.53. The number of carbonyl (C=O) groups excluding carboxylic acids is 1. The number of Topliss-reactive ketones (excluding diaryl/α,β-unsaturated/α-hetero) is 1. The second-order valence-corrected chi connectivity index (χ2v) is 10.6. The Kier molecular flexibility index (Phi) is 4.16. The molecule has 0 spiro atoms. The van der Waals surface area contributed by atoms with Crippen molar-refractivity contribution in [2.75, 3.05) is 0 Å². The quantitative estimate of drug-likeness (QED) is 0.771. The molecule has 2 aliphatic rings. The molecule has 1 aromatic carbocycles. The van der Waals surface area contributed by atoms with Gasteiger partial charge in [-0.1, -0.05) is 51.5 Å². The van der Waals surface area contributed by atoms with Crippen LogP contribution in [0, 0.1) is 5.92 Å². The average Bonchev–Trinajstić information content (AvgIpc) is 2.44. The summed E-state index contributed by atoms with van der Waals surface area (Å²) >= 11 is 0. The van der Waals surface area contributed by atoms with Crippen molar-refractivity contribution in [1.29, 1.82) is 0 Å². The van der Waals surface area contributed by atoms with Gasteiger partial charge in [0, 0.05) is 11.5 Å². The fourth-order valence-electron chi connectivity index (χ4n) is 3.99. The van der Waals surface area contributed by atoms with E-state index in [0.717, 1.165) is 24.8 Å². The van der Waals surface area contributed by atoms with E-state index in [2.05, 4.69) is 20.8 Å². The molecule has 23 heavy (non-hydrogen) atoms. The lowest BCUT2D eigenvalue weighted by molar-refractivity contribution is 0.0894. The van der Waals surface area contributed by atoms with Gasteiger partial charge in [-0.05, 0) is 36.7 Å². The lowest BCUT2D eigenvalue weighted by Crippen LogP contribution is -2.45. The van der Waals surface area contributed by atoms with Crippen LogP contribution in [0.1, 0.15) is 68.8 Å². The maximum atomic E-state index is 12.8. The lowest BCUT2D eigenvalue weighted by Gasteiger charge is -2.38. The predicted molar refractivity (Wildman–Crippen MR) is 92.5 cm³/mol. The van der Waals surface area contributed by atoms with E-state index >= 15 is 0 Å². The van der Waals surface area contributed by atoms with Gasteiger partial charge in [-0.15, -0.1) is 0 Å². The predicted octanol–water partition coefficient (Wildman–Crippen LogP) is 3.91. The number of ketones is 1. The zero-order chi connectivity index (χ0) is 16.8. The SMILES string of the molecule is CC(C)(C)c1ccc(C(=O)C2CC3CCCC(C2)S3(=O)=O)cc1. The van der Waals surface area contributed by atoms with Crippen LogP contribution in [-0.2, 0) is 15.3 Å².